The molecule has 132 valence electrons. The van der Waals surface area contributed by atoms with Crippen LogP contribution in [0.2, 0.25) is 0 Å². The molecule has 0 radical (unpaired) electrons. The molecule has 3 N–H and O–H groups in total. The van der Waals surface area contributed by atoms with Crippen molar-refractivity contribution in [2.75, 3.05) is 0 Å². The number of pyridine rings is 1. The number of aromatic hydroxyl groups is 1. The van der Waals surface area contributed by atoms with Crippen LogP contribution in [0, 0.1) is 0 Å². The van der Waals surface area contributed by atoms with E-state index < -0.39 is 16.4 Å². The minimum Gasteiger partial charge on any atom is -0.506 e. The van der Waals surface area contributed by atoms with Crippen LogP contribution in [0.4, 0.5) is 0 Å². The standard InChI is InChI=1S/C19H15NO5S/c21-14-10-20(17(22)16-15(14)18(23)26-19(16)24)11-6-8-13(9-7-11)25-12-4-2-1-3-5-12/h1-10,18-19,21,23-24H. The number of aliphatic hydroxyl groups is 2. The number of hydrogen-bond donors (Lipinski definition) is 3. The number of hydrogen-bond acceptors (Lipinski definition) is 6. The first-order valence-electron chi connectivity index (χ1n) is 7.88. The molecule has 6 nitrogen and oxygen atoms in total. The molecule has 3 aromatic rings. The van der Waals surface area contributed by atoms with Gasteiger partial charge in [0.05, 0.1) is 11.8 Å². The van der Waals surface area contributed by atoms with Gasteiger partial charge >= 0.3 is 0 Å². The lowest BCUT2D eigenvalue weighted by molar-refractivity contribution is 0.262. The zero-order valence-electron chi connectivity index (χ0n) is 13.4. The molecule has 1 aromatic heterocycles. The first kappa shape index (κ1) is 16.7. The van der Waals surface area contributed by atoms with E-state index in [9.17, 15) is 20.1 Å². The van der Waals surface area contributed by atoms with Gasteiger partial charge in [0.1, 0.15) is 28.1 Å². The van der Waals surface area contributed by atoms with Crippen LogP contribution >= 0.6 is 11.8 Å². The Balaban J connectivity index is 1.70. The lowest BCUT2D eigenvalue weighted by Crippen LogP contribution is -2.23. The first-order valence-corrected chi connectivity index (χ1v) is 8.82. The molecule has 0 amide bonds. The highest BCUT2D eigenvalue weighted by Gasteiger charge is 2.35. The molecule has 2 unspecified atom stereocenters. The van der Waals surface area contributed by atoms with Gasteiger partial charge in [0.15, 0.2) is 0 Å². The van der Waals surface area contributed by atoms with Crippen LogP contribution < -0.4 is 10.3 Å². The Morgan fingerprint density at radius 1 is 0.885 bits per heavy atom. The molecule has 2 heterocycles. The van der Waals surface area contributed by atoms with Crippen molar-refractivity contribution in [3.05, 3.63) is 82.3 Å². The smallest absolute Gasteiger partial charge is 0.262 e. The highest BCUT2D eigenvalue weighted by Crippen LogP contribution is 2.49. The third kappa shape index (κ3) is 2.86. The Labute approximate surface area is 152 Å². The summed E-state index contributed by atoms with van der Waals surface area (Å²) in [6.45, 7) is 0. The Bertz CT molecular complexity index is 1000. The Morgan fingerprint density at radius 2 is 1.50 bits per heavy atom. The molecule has 0 saturated heterocycles. The fourth-order valence-electron chi connectivity index (χ4n) is 2.88. The number of nitrogens with zero attached hydrogens (tertiary/aromatic N) is 1. The molecule has 2 aromatic carbocycles. The molecule has 0 spiro atoms. The second-order valence-corrected chi connectivity index (χ2v) is 6.93. The fourth-order valence-corrected chi connectivity index (χ4v) is 3.87. The van der Waals surface area contributed by atoms with Gasteiger partial charge in [-0.15, -0.1) is 0 Å². The van der Waals surface area contributed by atoms with Crippen molar-refractivity contribution in [1.29, 1.82) is 0 Å². The maximum Gasteiger partial charge on any atom is 0.262 e. The van der Waals surface area contributed by atoms with Gasteiger partial charge in [-0.3, -0.25) is 9.36 Å². The number of para-hydroxylation sites is 1. The minimum absolute atomic E-state index is 0.00659. The zero-order chi connectivity index (χ0) is 18.3. The van der Waals surface area contributed by atoms with Gasteiger partial charge < -0.3 is 20.1 Å². The third-order valence-electron chi connectivity index (χ3n) is 4.11. The summed E-state index contributed by atoms with van der Waals surface area (Å²) in [5.74, 6) is 1.06. The van der Waals surface area contributed by atoms with Crippen LogP contribution in [0.25, 0.3) is 5.69 Å². The topological polar surface area (TPSA) is 91.9 Å². The molecule has 26 heavy (non-hydrogen) atoms. The second-order valence-electron chi connectivity index (χ2n) is 5.77. The second kappa shape index (κ2) is 6.53. The highest BCUT2D eigenvalue weighted by atomic mass is 32.2. The van der Waals surface area contributed by atoms with E-state index in [4.69, 9.17) is 4.74 Å². The van der Waals surface area contributed by atoms with Crippen molar-refractivity contribution in [2.24, 2.45) is 0 Å². The Kier molecular flexibility index (Phi) is 4.20. The summed E-state index contributed by atoms with van der Waals surface area (Å²) in [5.41, 5.74) is -2.19. The number of fused-ring (bicyclic) bond motifs is 1. The van der Waals surface area contributed by atoms with Gasteiger partial charge in [-0.2, -0.15) is 0 Å². The molecule has 0 fully saturated rings. The number of benzene rings is 2. The highest BCUT2D eigenvalue weighted by molar-refractivity contribution is 7.99. The molecule has 0 bridgehead atoms. The molecule has 1 aliphatic heterocycles. The van der Waals surface area contributed by atoms with Gasteiger partial charge in [-0.25, -0.2) is 0 Å². The summed E-state index contributed by atoms with van der Waals surface area (Å²) < 4.78 is 6.95. The van der Waals surface area contributed by atoms with Crippen molar-refractivity contribution >= 4 is 11.8 Å². The normalized spacial score (nSPS) is 18.5. The van der Waals surface area contributed by atoms with E-state index in [0.717, 1.165) is 11.8 Å². The van der Waals surface area contributed by atoms with Gasteiger partial charge in [0, 0.05) is 11.3 Å². The van der Waals surface area contributed by atoms with E-state index in [-0.39, 0.29) is 16.9 Å². The van der Waals surface area contributed by atoms with E-state index >= 15 is 0 Å². The van der Waals surface area contributed by atoms with E-state index in [1.165, 1.54) is 10.8 Å². The summed E-state index contributed by atoms with van der Waals surface area (Å²) >= 11 is 0.803. The fraction of sp³-hybridized carbons (Fsp3) is 0.105. The molecule has 1 aliphatic rings. The van der Waals surface area contributed by atoms with Crippen LogP contribution in [0.5, 0.6) is 17.2 Å². The zero-order valence-corrected chi connectivity index (χ0v) is 14.3. The summed E-state index contributed by atoms with van der Waals surface area (Å²) in [6, 6.07) is 16.1. The van der Waals surface area contributed by atoms with Crippen LogP contribution in [0.1, 0.15) is 22.0 Å². The van der Waals surface area contributed by atoms with Crippen molar-refractivity contribution < 1.29 is 20.1 Å². The van der Waals surface area contributed by atoms with Crippen molar-refractivity contribution in [3.8, 4) is 22.9 Å². The molecule has 2 atom stereocenters. The van der Waals surface area contributed by atoms with E-state index in [0.29, 0.717) is 17.2 Å². The van der Waals surface area contributed by atoms with Crippen molar-refractivity contribution in [2.45, 2.75) is 10.9 Å². The Morgan fingerprint density at radius 3 is 2.19 bits per heavy atom. The van der Waals surface area contributed by atoms with E-state index in [1.54, 1.807) is 24.3 Å². The van der Waals surface area contributed by atoms with Crippen molar-refractivity contribution in [3.63, 3.8) is 0 Å². The molecular formula is C19H15NO5S. The first-order chi connectivity index (χ1) is 12.5. The summed E-state index contributed by atoms with van der Waals surface area (Å²) in [6.07, 6.45) is 1.25. The number of aliphatic hydroxyl groups excluding tert-OH is 2. The average Bonchev–Trinajstić information content (AvgIpc) is 2.95. The number of ether oxygens (including phenoxy) is 1. The molecule has 0 saturated carbocycles. The van der Waals surface area contributed by atoms with Gasteiger partial charge in [0.25, 0.3) is 5.56 Å². The maximum absolute atomic E-state index is 12.7. The van der Waals surface area contributed by atoms with Gasteiger partial charge in [0.2, 0.25) is 0 Å². The predicted octanol–water partition coefficient (Wildman–Crippen LogP) is 3.06. The lowest BCUT2D eigenvalue weighted by Gasteiger charge is -2.12. The largest absolute Gasteiger partial charge is 0.506 e. The quantitative estimate of drug-likeness (QED) is 0.657. The summed E-state index contributed by atoms with van der Waals surface area (Å²) in [4.78, 5) is 12.7. The van der Waals surface area contributed by atoms with Crippen LogP contribution in [-0.2, 0) is 0 Å². The average molecular weight is 369 g/mol. The van der Waals surface area contributed by atoms with Crippen LogP contribution in [-0.4, -0.2) is 19.9 Å². The summed E-state index contributed by atoms with van der Waals surface area (Å²) in [7, 11) is 0. The van der Waals surface area contributed by atoms with Gasteiger partial charge in [-0.05, 0) is 36.4 Å². The maximum atomic E-state index is 12.7. The van der Waals surface area contributed by atoms with E-state index in [2.05, 4.69) is 0 Å². The number of thioether (sulfide) groups is 1. The summed E-state index contributed by atoms with van der Waals surface area (Å²) in [5, 5.41) is 30.0. The van der Waals surface area contributed by atoms with Crippen molar-refractivity contribution in [1.82, 2.24) is 4.57 Å². The minimum atomic E-state index is -1.17. The Hall–Kier alpha value is -2.74. The molecule has 4 rings (SSSR count). The molecule has 0 aliphatic carbocycles. The van der Waals surface area contributed by atoms with Crippen LogP contribution in [0.3, 0.4) is 0 Å². The van der Waals surface area contributed by atoms with Crippen LogP contribution in [0.15, 0.2) is 65.6 Å². The lowest BCUT2D eigenvalue weighted by atomic mass is 10.1. The monoisotopic (exact) mass is 369 g/mol. The van der Waals surface area contributed by atoms with Gasteiger partial charge in [-0.1, -0.05) is 30.0 Å². The third-order valence-corrected chi connectivity index (χ3v) is 5.10. The molecule has 7 heteroatoms. The predicted molar refractivity (Wildman–Crippen MR) is 97.7 cm³/mol. The molecular weight excluding hydrogens is 354 g/mol. The SMILES string of the molecule is O=c1c2c(c(O)cn1-c1ccc(Oc3ccccc3)cc1)C(O)SC2O. The number of rotatable bonds is 3. The number of aromatic nitrogens is 1. The van der Waals surface area contributed by atoms with E-state index in [1.807, 2.05) is 30.3 Å².